The molecule has 2 heterocycles. The monoisotopic (exact) mass is 580 g/mol. The first-order valence-electron chi connectivity index (χ1n) is 13.9. The molecule has 2 aromatic heterocycles. The number of imidazole rings is 1. The average Bonchev–Trinajstić information content (AvgIpc) is 3.50. The molecule has 5 rings (SSSR count). The molecule has 0 saturated heterocycles. The van der Waals surface area contributed by atoms with E-state index >= 15 is 0 Å². The first-order valence-corrected chi connectivity index (χ1v) is 13.9. The van der Waals surface area contributed by atoms with E-state index in [0.29, 0.717) is 22.6 Å². The molecule has 2 aliphatic rings. The molecule has 1 aromatic carbocycles. The zero-order valence-corrected chi connectivity index (χ0v) is 22.6. The molecule has 3 N–H and O–H groups in total. The number of nitrogens with one attached hydrogen (secondary N) is 3. The van der Waals surface area contributed by atoms with Gasteiger partial charge in [0.2, 0.25) is 11.8 Å². The van der Waals surface area contributed by atoms with Crippen LogP contribution in [0.25, 0.3) is 11.0 Å². The molecule has 0 aliphatic heterocycles. The van der Waals surface area contributed by atoms with E-state index in [1.807, 2.05) is 6.07 Å². The van der Waals surface area contributed by atoms with Crippen molar-refractivity contribution in [3.63, 3.8) is 0 Å². The second-order valence-electron chi connectivity index (χ2n) is 11.2. The second kappa shape index (κ2) is 11.4. The van der Waals surface area contributed by atoms with Crippen molar-refractivity contribution in [1.82, 2.24) is 30.4 Å². The predicted octanol–water partition coefficient (Wildman–Crippen LogP) is 5.89. The van der Waals surface area contributed by atoms with Gasteiger partial charge in [-0.05, 0) is 61.3 Å². The summed E-state index contributed by atoms with van der Waals surface area (Å²) in [6.07, 6.45) is -2.20. The molecule has 2 saturated carbocycles. The third-order valence-corrected chi connectivity index (χ3v) is 8.32. The summed E-state index contributed by atoms with van der Waals surface area (Å²) >= 11 is 0. The van der Waals surface area contributed by atoms with Gasteiger partial charge < -0.3 is 15.6 Å². The molecule has 0 bridgehead atoms. The summed E-state index contributed by atoms with van der Waals surface area (Å²) in [5, 5.41) is 9.80. The number of halogens is 5. The van der Waals surface area contributed by atoms with Crippen molar-refractivity contribution in [3.8, 4) is 0 Å². The van der Waals surface area contributed by atoms with Gasteiger partial charge in [0.05, 0.1) is 29.5 Å². The molecule has 3 aromatic rings. The summed E-state index contributed by atoms with van der Waals surface area (Å²) in [4.78, 5) is 33.4. The number of nitrogens with zero attached hydrogens (tertiary/aromatic N) is 3. The number of alkyl halides is 5. The molecule has 2 amide bonds. The highest BCUT2D eigenvalue weighted by molar-refractivity contribution is 5.92. The highest BCUT2D eigenvalue weighted by Gasteiger charge is 2.40. The Balaban J connectivity index is 1.40. The van der Waals surface area contributed by atoms with Crippen molar-refractivity contribution in [2.75, 3.05) is 0 Å². The van der Waals surface area contributed by atoms with E-state index in [1.54, 1.807) is 25.2 Å². The van der Waals surface area contributed by atoms with Crippen LogP contribution < -0.4 is 10.6 Å². The normalized spacial score (nSPS) is 19.5. The smallest absolute Gasteiger partial charge is 0.349 e. The fraction of sp³-hybridized carbons (Fsp3) is 0.571. The largest absolute Gasteiger partial charge is 0.389 e. The minimum atomic E-state index is -4.41. The van der Waals surface area contributed by atoms with E-state index in [1.165, 1.54) is 10.9 Å². The van der Waals surface area contributed by atoms with Gasteiger partial charge in [-0.15, -0.1) is 0 Å². The van der Waals surface area contributed by atoms with Gasteiger partial charge >= 0.3 is 6.18 Å². The van der Waals surface area contributed by atoms with Crippen LogP contribution in [0.4, 0.5) is 22.0 Å². The van der Waals surface area contributed by atoms with E-state index in [-0.39, 0.29) is 37.5 Å². The molecule has 0 spiro atoms. The molecular formula is C28H33F5N6O2. The van der Waals surface area contributed by atoms with Gasteiger partial charge in [0.1, 0.15) is 11.5 Å². The highest BCUT2D eigenvalue weighted by Crippen LogP contribution is 2.42. The van der Waals surface area contributed by atoms with Gasteiger partial charge in [-0.2, -0.15) is 18.3 Å². The number of carbonyl (C=O) groups is 2. The summed E-state index contributed by atoms with van der Waals surface area (Å²) < 4.78 is 67.3. The topological polar surface area (TPSA) is 105 Å². The van der Waals surface area contributed by atoms with E-state index < -0.39 is 48.8 Å². The van der Waals surface area contributed by atoms with Crippen molar-refractivity contribution in [1.29, 1.82) is 0 Å². The van der Waals surface area contributed by atoms with E-state index in [0.717, 1.165) is 24.8 Å². The third-order valence-electron chi connectivity index (χ3n) is 8.32. The number of rotatable bonds is 9. The van der Waals surface area contributed by atoms with Crippen LogP contribution in [-0.2, 0) is 11.8 Å². The van der Waals surface area contributed by atoms with Crippen molar-refractivity contribution in [2.45, 2.75) is 82.0 Å². The lowest BCUT2D eigenvalue weighted by Gasteiger charge is -2.34. The number of aromatic nitrogens is 4. The van der Waals surface area contributed by atoms with Crippen LogP contribution in [0.15, 0.2) is 30.5 Å². The molecule has 2 atom stereocenters. The van der Waals surface area contributed by atoms with Crippen LogP contribution in [0.1, 0.15) is 91.7 Å². The maximum Gasteiger partial charge on any atom is 0.389 e. The fourth-order valence-electron chi connectivity index (χ4n) is 5.75. The number of carbonyl (C=O) groups excluding carboxylic acids is 2. The Morgan fingerprint density at radius 2 is 1.78 bits per heavy atom. The Hall–Kier alpha value is -3.51. The van der Waals surface area contributed by atoms with Crippen LogP contribution in [0.3, 0.4) is 0 Å². The molecule has 41 heavy (non-hydrogen) atoms. The van der Waals surface area contributed by atoms with Crippen molar-refractivity contribution >= 4 is 22.8 Å². The number of hydrogen-bond donors (Lipinski definition) is 3. The number of fused-ring (bicyclic) bond motifs is 1. The van der Waals surface area contributed by atoms with Gasteiger partial charge in [-0.25, -0.2) is 13.8 Å². The van der Waals surface area contributed by atoms with E-state index in [9.17, 15) is 31.5 Å². The van der Waals surface area contributed by atoms with Crippen LogP contribution in [0.5, 0.6) is 0 Å². The fourth-order valence-corrected chi connectivity index (χ4v) is 5.75. The molecule has 2 aliphatic carbocycles. The number of H-pyrrole nitrogens is 1. The lowest BCUT2D eigenvalue weighted by atomic mass is 9.77. The zero-order chi connectivity index (χ0) is 29.4. The summed E-state index contributed by atoms with van der Waals surface area (Å²) in [5.41, 5.74) is 2.26. The van der Waals surface area contributed by atoms with Gasteiger partial charge in [-0.1, -0.05) is 12.5 Å². The lowest BCUT2D eigenvalue weighted by Crippen LogP contribution is -2.38. The third kappa shape index (κ3) is 6.87. The summed E-state index contributed by atoms with van der Waals surface area (Å²) in [7, 11) is 1.63. The Bertz CT molecular complexity index is 1390. The van der Waals surface area contributed by atoms with Crippen LogP contribution in [0, 0.1) is 11.8 Å². The number of hydrogen-bond acceptors (Lipinski definition) is 4. The second-order valence-corrected chi connectivity index (χ2v) is 11.2. The van der Waals surface area contributed by atoms with E-state index in [4.69, 9.17) is 0 Å². The van der Waals surface area contributed by atoms with E-state index in [2.05, 4.69) is 25.7 Å². The van der Waals surface area contributed by atoms with Crippen molar-refractivity contribution < 1.29 is 31.5 Å². The first kappa shape index (κ1) is 29.0. The Morgan fingerprint density at radius 3 is 2.39 bits per heavy atom. The number of benzene rings is 1. The minimum Gasteiger partial charge on any atom is -0.349 e. The first-order chi connectivity index (χ1) is 19.4. The number of aromatic amines is 1. The standard InChI is InChI=1S/C28H33F5N6O2/c1-39-21(10-14-34-39)26(41)38-24(17-7-11-27(29,30)12-8-17)25-35-19-6-5-18(15-20(19)36-25)23(16-3-2-4-16)37-22(40)9-13-28(31,32)33/h5-6,10,14-17,23-24H,2-4,7-9,11-13H2,1H3,(H,35,36)(H,37,40)(H,38,41)/t23-,24-/m0/s1. The van der Waals surface area contributed by atoms with Gasteiger partial charge in [-0.3, -0.25) is 14.3 Å². The SMILES string of the molecule is Cn1nccc1C(=O)N[C@H](c1nc2ccc([C@@H](NC(=O)CCC(F)(F)F)C3CCC3)cc2[nH]1)C1CCC(F)(F)CC1. The summed E-state index contributed by atoms with van der Waals surface area (Å²) in [5.74, 6) is -3.53. The number of amides is 2. The molecule has 222 valence electrons. The van der Waals surface area contributed by atoms with Gasteiger partial charge in [0.25, 0.3) is 5.91 Å². The minimum absolute atomic E-state index is 0.111. The molecule has 8 nitrogen and oxygen atoms in total. The van der Waals surface area contributed by atoms with Crippen molar-refractivity contribution in [2.24, 2.45) is 18.9 Å². The summed E-state index contributed by atoms with van der Waals surface area (Å²) in [6, 6.07) is 5.83. The van der Waals surface area contributed by atoms with Gasteiger partial charge in [0, 0.05) is 32.5 Å². The maximum atomic E-state index is 14.0. The summed E-state index contributed by atoms with van der Waals surface area (Å²) in [6.45, 7) is 0. The quantitative estimate of drug-likeness (QED) is 0.275. The molecule has 0 unspecified atom stereocenters. The van der Waals surface area contributed by atoms with Crippen LogP contribution >= 0.6 is 0 Å². The molecule has 13 heteroatoms. The molecular weight excluding hydrogens is 547 g/mol. The zero-order valence-electron chi connectivity index (χ0n) is 22.6. The van der Waals surface area contributed by atoms with Crippen LogP contribution in [0.2, 0.25) is 0 Å². The number of aryl methyl sites for hydroxylation is 1. The lowest BCUT2D eigenvalue weighted by molar-refractivity contribution is -0.144. The Morgan fingerprint density at radius 1 is 1.07 bits per heavy atom. The maximum absolute atomic E-state index is 14.0. The molecule has 2 fully saturated rings. The molecule has 0 radical (unpaired) electrons. The van der Waals surface area contributed by atoms with Gasteiger partial charge in [0.15, 0.2) is 0 Å². The Kier molecular flexibility index (Phi) is 8.06. The predicted molar refractivity (Wildman–Crippen MR) is 140 cm³/mol. The highest BCUT2D eigenvalue weighted by atomic mass is 19.4. The van der Waals surface area contributed by atoms with Crippen LogP contribution in [-0.4, -0.2) is 43.7 Å². The Labute approximate surface area is 233 Å². The van der Waals surface area contributed by atoms with Crippen molar-refractivity contribution in [3.05, 3.63) is 47.5 Å². The average molecular weight is 581 g/mol.